The second-order valence-corrected chi connectivity index (χ2v) is 32.0. The van der Waals surface area contributed by atoms with E-state index in [1.165, 1.54) is 0 Å². The number of aryl methyl sites for hydroxylation is 3. The summed E-state index contributed by atoms with van der Waals surface area (Å²) >= 11 is 0. The number of hydrogen-bond acceptors (Lipinski definition) is 13. The van der Waals surface area contributed by atoms with Crippen molar-refractivity contribution in [1.29, 1.82) is 0 Å². The minimum atomic E-state index is -2.59. The Morgan fingerprint density at radius 2 is 0.719 bits per heavy atom. The van der Waals surface area contributed by atoms with Crippen molar-refractivity contribution in [2.75, 3.05) is 52.4 Å². The van der Waals surface area contributed by atoms with Gasteiger partial charge in [0.2, 0.25) is 0 Å². The second kappa shape index (κ2) is 31.5. The number of aliphatic imine (C=N–C) groups is 1. The number of nitrogens with one attached hydrogen (secondary N) is 4. The molecule has 5 aromatic heterocycles. The van der Waals surface area contributed by atoms with Gasteiger partial charge in [-0.05, 0) is 141 Å². The molecule has 8 aromatic carbocycles. The first-order valence-electron chi connectivity index (χ1n) is 40.2. The van der Waals surface area contributed by atoms with Crippen molar-refractivity contribution in [2.45, 2.75) is 94.7 Å². The van der Waals surface area contributed by atoms with Gasteiger partial charge in [0.15, 0.2) is 0 Å². The Bertz CT molecular complexity index is 6360. The number of aromatic nitrogens is 9. The Labute approximate surface area is 689 Å². The summed E-state index contributed by atoms with van der Waals surface area (Å²) in [5.41, 5.74) is 21.9. The lowest BCUT2D eigenvalue weighted by Crippen LogP contribution is -2.38. The Balaban J connectivity index is 0.000000115. The summed E-state index contributed by atoms with van der Waals surface area (Å²) < 4.78 is 113. The number of likely N-dealkylation sites (tertiary alicyclic amines) is 4. The van der Waals surface area contributed by atoms with Crippen molar-refractivity contribution in [1.82, 2.24) is 74.8 Å². The summed E-state index contributed by atoms with van der Waals surface area (Å²) in [6.07, 6.45) is 2.14. The fourth-order valence-corrected chi connectivity index (χ4v) is 17.1. The van der Waals surface area contributed by atoms with E-state index in [1.54, 1.807) is 23.1 Å². The van der Waals surface area contributed by atoms with Crippen LogP contribution < -0.4 is 21.8 Å². The minimum absolute atomic E-state index is 0.0288. The van der Waals surface area contributed by atoms with E-state index in [2.05, 4.69) is 63.3 Å². The molecule has 0 bridgehead atoms. The third-order valence-electron chi connectivity index (χ3n) is 24.3. The molecule has 20 nitrogen and oxygen atoms in total. The number of alkyl halides is 8. The summed E-state index contributed by atoms with van der Waals surface area (Å²) in [5, 5.41) is 31.8. The van der Waals surface area contributed by atoms with Gasteiger partial charge in [-0.15, -0.1) is 0 Å². The zero-order valence-electron chi connectivity index (χ0n) is 66.9. The van der Waals surface area contributed by atoms with E-state index in [1.807, 2.05) is 190 Å². The smallest absolute Gasteiger partial charge is 0.272 e. The van der Waals surface area contributed by atoms with E-state index in [0.29, 0.717) is 88.3 Å². The topological polar surface area (TPSA) is 216 Å². The van der Waals surface area contributed by atoms with E-state index < -0.39 is 23.7 Å². The average Bonchev–Trinajstić information content (AvgIpc) is 1.65. The van der Waals surface area contributed by atoms with Gasteiger partial charge in [-0.25, -0.2) is 40.2 Å². The highest BCUT2D eigenvalue weighted by Crippen LogP contribution is 2.41. The first kappa shape index (κ1) is 80.2. The van der Waals surface area contributed by atoms with Crippen LogP contribution in [0.15, 0.2) is 205 Å². The normalized spacial score (nSPS) is 17.4. The highest BCUT2D eigenvalue weighted by molar-refractivity contribution is 6.16. The third kappa shape index (κ3) is 16.1. The summed E-state index contributed by atoms with van der Waals surface area (Å²) in [6.45, 7) is 20.7. The lowest BCUT2D eigenvalue weighted by atomic mass is 9.95. The molecule has 20 rings (SSSR count). The molecule has 12 heterocycles. The number of amides is 2. The van der Waals surface area contributed by atoms with Gasteiger partial charge in [-0.3, -0.25) is 38.2 Å². The van der Waals surface area contributed by atoms with Crippen molar-refractivity contribution in [2.24, 2.45) is 26.1 Å². The number of rotatable bonds is 12. The highest BCUT2D eigenvalue weighted by Gasteiger charge is 2.39. The van der Waals surface area contributed by atoms with Crippen LogP contribution in [-0.2, 0) is 40.8 Å². The maximum absolute atomic E-state index is 13.5. The van der Waals surface area contributed by atoms with Crippen LogP contribution in [0, 0.1) is 0 Å². The zero-order chi connectivity index (χ0) is 84.7. The van der Waals surface area contributed by atoms with Gasteiger partial charge in [0.25, 0.3) is 46.6 Å². The standard InChI is InChI=1S/C24H22F2N4O.C23H21F2N5O.C23H22F2N4O.C23H21F2N3O/c1-15(30-11-8-24(25,26)9-12-30)16-3-6-20-21(14-16)29(2)28-22(20)18-4-5-19-17(13-18)7-10-27-23(19)31;1-14(30-9-7-23(24,25)8-10-30)15-3-6-19-20(12-15)29(2)28-21(19)16-4-5-18-17(11-16)13-26-27-22(18)31;1-14(29-9-7-23(24,25)8-10-29)15-3-6-19-20(12-15)28(2)27-21(19)16-4-5-18-17(11-16)13-26-22(18)30;1-14(28-8-6-23(24,25)7-9-28)15-2-4-19-17(10-15)12-26-21(19)16-3-5-20-18(11-16)13-27-22(20)29/h3-7,10,13-14H,1,8-9,11-12H2,2H3,(H,27,31);3-6,11-13H,1,7-10H2,2H3,(H,27,31);3-6,11-12H,1,7-10,13H2,2H3,(H,26,30);2-5,10-11H,1,6-9,12-13H2,(H,27,29). The molecule has 7 aliphatic rings. The molecule has 0 atom stereocenters. The van der Waals surface area contributed by atoms with E-state index in [0.717, 1.165) is 161 Å². The van der Waals surface area contributed by atoms with Crippen molar-refractivity contribution in [3.8, 4) is 33.8 Å². The van der Waals surface area contributed by atoms with Gasteiger partial charge in [0.05, 0.1) is 40.4 Å². The van der Waals surface area contributed by atoms with Crippen LogP contribution in [0.25, 0.3) is 111 Å². The van der Waals surface area contributed by atoms with Gasteiger partial charge in [-0.2, -0.15) is 20.4 Å². The number of fused-ring (bicyclic) bond motifs is 8. The molecular formula is C93H86F8N16O4. The van der Waals surface area contributed by atoms with Gasteiger partial charge in [0.1, 0.15) is 17.1 Å². The lowest BCUT2D eigenvalue weighted by molar-refractivity contribution is -0.0456. The molecule has 2 amide bonds. The van der Waals surface area contributed by atoms with Crippen molar-refractivity contribution < 1.29 is 44.7 Å². The van der Waals surface area contributed by atoms with E-state index in [9.17, 15) is 54.3 Å². The van der Waals surface area contributed by atoms with Gasteiger partial charge < -0.3 is 35.2 Å². The number of pyridine rings is 1. The molecule has 0 radical (unpaired) electrons. The molecule has 13 aromatic rings. The van der Waals surface area contributed by atoms with E-state index in [4.69, 9.17) is 15.2 Å². The summed E-state index contributed by atoms with van der Waals surface area (Å²) in [5.74, 6) is -10.4. The van der Waals surface area contributed by atoms with Crippen LogP contribution in [0.1, 0.15) is 122 Å². The molecule has 28 heteroatoms. The monoisotopic (exact) mass is 1640 g/mol. The molecule has 0 aliphatic carbocycles. The number of H-pyrrole nitrogens is 2. The van der Waals surface area contributed by atoms with Crippen LogP contribution in [-0.4, -0.2) is 158 Å². The predicted molar refractivity (Wildman–Crippen MR) is 456 cm³/mol. The molecule has 4 saturated heterocycles. The third-order valence-corrected chi connectivity index (χ3v) is 24.3. The van der Waals surface area contributed by atoms with Gasteiger partial charge >= 0.3 is 0 Å². The van der Waals surface area contributed by atoms with Crippen LogP contribution in [0.4, 0.5) is 35.1 Å². The first-order chi connectivity index (χ1) is 57.9. The molecule has 7 aliphatic heterocycles. The highest BCUT2D eigenvalue weighted by atomic mass is 19.3. The first-order valence-corrected chi connectivity index (χ1v) is 40.2. The van der Waals surface area contributed by atoms with Crippen LogP contribution in [0.3, 0.4) is 0 Å². The van der Waals surface area contributed by atoms with Crippen LogP contribution in [0.2, 0.25) is 0 Å². The van der Waals surface area contributed by atoms with Crippen LogP contribution in [0.5, 0.6) is 0 Å². The molecule has 0 saturated carbocycles. The fourth-order valence-electron chi connectivity index (χ4n) is 17.1. The van der Waals surface area contributed by atoms with E-state index >= 15 is 0 Å². The summed E-state index contributed by atoms with van der Waals surface area (Å²) in [7, 11) is 5.64. The molecular weight excluding hydrogens is 1560 g/mol. The fraction of sp³-hybridized carbons (Fsp3) is 0.280. The SMILES string of the molecule is C=C(c1ccc2c(-c3ccc4c(=O)[nH]ccc4c3)nn(C)c2c1)N1CCC(F)(F)CC1.C=C(c1ccc2c(-c3ccc4c(=O)[nH]ncc4c3)nn(C)c2c1)N1CCC(F)(F)CC1.C=C(c1ccc2c(-c3ccc4c(c3)CNC4=O)nn(C)c2c1)N1CCC(F)(F)CC1.C=C(c1ccc2c(c1)CN=C2c1ccc2c(c1)CNC2=O)N1CCC(F)(F)CC1. The summed E-state index contributed by atoms with van der Waals surface area (Å²) in [4.78, 5) is 62.6. The number of carbonyl (C=O) groups excluding carboxylic acids is 2. The number of benzene rings is 8. The number of carbonyl (C=O) groups is 2. The van der Waals surface area contributed by atoms with Gasteiger partial charge in [-0.1, -0.05) is 80.9 Å². The Kier molecular flexibility index (Phi) is 20.8. The molecule has 4 N–H and O–H groups in total. The molecule has 0 unspecified atom stereocenters. The van der Waals surface area contributed by atoms with Crippen molar-refractivity contribution in [3.63, 3.8) is 0 Å². The average molecular weight is 1640 g/mol. The minimum Gasteiger partial charge on any atom is -0.371 e. The Morgan fingerprint density at radius 1 is 0.372 bits per heavy atom. The summed E-state index contributed by atoms with van der Waals surface area (Å²) in [6, 6.07) is 48.7. The Morgan fingerprint density at radius 3 is 1.15 bits per heavy atom. The second-order valence-electron chi connectivity index (χ2n) is 32.0. The quantitative estimate of drug-likeness (QED) is 0.0841. The number of nitrogens with zero attached hydrogens (tertiary/aromatic N) is 12. The number of hydrogen-bond donors (Lipinski definition) is 4. The maximum Gasteiger partial charge on any atom is 0.272 e. The van der Waals surface area contributed by atoms with Crippen molar-refractivity contribution in [3.05, 3.63) is 272 Å². The molecule has 618 valence electrons. The zero-order valence-corrected chi connectivity index (χ0v) is 66.9. The largest absolute Gasteiger partial charge is 0.371 e. The molecule has 0 spiro atoms. The number of aromatic amines is 2. The molecule has 4 fully saturated rings. The van der Waals surface area contributed by atoms with Crippen molar-refractivity contribution >= 4 is 94.6 Å². The van der Waals surface area contributed by atoms with Crippen LogP contribution >= 0.6 is 0 Å². The predicted octanol–water partition coefficient (Wildman–Crippen LogP) is 17.1. The van der Waals surface area contributed by atoms with E-state index in [-0.39, 0.29) is 74.3 Å². The van der Waals surface area contributed by atoms with Gasteiger partial charge in [0, 0.05) is 233 Å². The number of piperidine rings is 4. The number of halogens is 8. The lowest BCUT2D eigenvalue weighted by Gasteiger charge is -2.34. The Hall–Kier alpha value is -13.3. The molecule has 121 heavy (non-hydrogen) atoms. The maximum atomic E-state index is 13.5.